The van der Waals surface area contributed by atoms with E-state index >= 15 is 0 Å². The molecule has 6 rings (SSSR count). The molecular formula is C22H23N9O2. The molecule has 0 spiro atoms. The van der Waals surface area contributed by atoms with Gasteiger partial charge in [0.15, 0.2) is 17.4 Å². The number of hydrogen-bond donors (Lipinski definition) is 3. The van der Waals surface area contributed by atoms with Gasteiger partial charge in [-0.15, -0.1) is 5.10 Å². The highest BCUT2D eigenvalue weighted by molar-refractivity contribution is 5.89. The number of anilines is 3. The predicted molar refractivity (Wildman–Crippen MR) is 119 cm³/mol. The Kier molecular flexibility index (Phi) is 4.75. The van der Waals surface area contributed by atoms with Gasteiger partial charge in [0.2, 0.25) is 5.95 Å². The number of aliphatic hydroxyl groups is 1. The van der Waals surface area contributed by atoms with Gasteiger partial charge in [0.05, 0.1) is 24.3 Å². The van der Waals surface area contributed by atoms with Crippen molar-refractivity contribution in [1.29, 1.82) is 0 Å². The number of aromatic nitrogens is 7. The molecule has 0 bridgehead atoms. The Labute approximate surface area is 188 Å². The van der Waals surface area contributed by atoms with Crippen LogP contribution in [0, 0.1) is 0 Å². The maximum atomic E-state index is 13.1. The average molecular weight is 445 g/mol. The highest BCUT2D eigenvalue weighted by Crippen LogP contribution is 2.39. The SMILES string of the molecule is O=C(Cc1cnccn1)[C@@H]1C[C@H](O)CN1c1nc(Nc2cc(C3CC3)[nH]n2)c2cccn2n1. The van der Waals surface area contributed by atoms with E-state index in [0.717, 1.165) is 11.2 Å². The van der Waals surface area contributed by atoms with Crippen LogP contribution in [0.15, 0.2) is 43.0 Å². The molecule has 0 aromatic carbocycles. The third-order valence-corrected chi connectivity index (χ3v) is 6.12. The maximum Gasteiger partial charge on any atom is 0.246 e. The molecule has 5 heterocycles. The van der Waals surface area contributed by atoms with Gasteiger partial charge in [-0.1, -0.05) is 0 Å². The molecular weight excluding hydrogens is 422 g/mol. The zero-order valence-corrected chi connectivity index (χ0v) is 17.8. The number of Topliss-reactive ketones (excluding diaryl/α,β-unsaturated/α-hetero) is 1. The number of H-pyrrole nitrogens is 1. The topological polar surface area (TPSA) is 137 Å². The van der Waals surface area contributed by atoms with Crippen LogP contribution in [-0.4, -0.2) is 64.3 Å². The summed E-state index contributed by atoms with van der Waals surface area (Å²) in [7, 11) is 0. The third-order valence-electron chi connectivity index (χ3n) is 6.12. The number of rotatable bonds is 7. The molecule has 1 saturated heterocycles. The van der Waals surface area contributed by atoms with Crippen LogP contribution in [0.2, 0.25) is 0 Å². The summed E-state index contributed by atoms with van der Waals surface area (Å²) in [6.45, 7) is 0.275. The van der Waals surface area contributed by atoms with E-state index in [2.05, 4.69) is 30.6 Å². The Balaban J connectivity index is 1.30. The van der Waals surface area contributed by atoms with Crippen molar-refractivity contribution in [2.75, 3.05) is 16.8 Å². The van der Waals surface area contributed by atoms with Crippen molar-refractivity contribution in [2.45, 2.75) is 43.7 Å². The van der Waals surface area contributed by atoms with Crippen LogP contribution >= 0.6 is 0 Å². The number of aromatic amines is 1. The van der Waals surface area contributed by atoms with E-state index in [4.69, 9.17) is 4.98 Å². The summed E-state index contributed by atoms with van der Waals surface area (Å²) in [6.07, 6.45) is 8.72. The van der Waals surface area contributed by atoms with E-state index in [1.165, 1.54) is 12.8 Å². The van der Waals surface area contributed by atoms with Gasteiger partial charge in [0, 0.05) is 55.4 Å². The Hall–Kier alpha value is -3.86. The Morgan fingerprint density at radius 3 is 3.03 bits per heavy atom. The van der Waals surface area contributed by atoms with E-state index in [0.29, 0.717) is 35.6 Å². The van der Waals surface area contributed by atoms with E-state index in [9.17, 15) is 9.90 Å². The van der Waals surface area contributed by atoms with Gasteiger partial charge < -0.3 is 15.3 Å². The van der Waals surface area contributed by atoms with Gasteiger partial charge in [0.25, 0.3) is 0 Å². The number of hydrogen-bond acceptors (Lipinski definition) is 9. The lowest BCUT2D eigenvalue weighted by molar-refractivity contribution is -0.119. The fourth-order valence-electron chi connectivity index (χ4n) is 4.32. The summed E-state index contributed by atoms with van der Waals surface area (Å²) < 4.78 is 1.72. The molecule has 4 aromatic heterocycles. The number of ketones is 1. The predicted octanol–water partition coefficient (Wildman–Crippen LogP) is 1.61. The summed E-state index contributed by atoms with van der Waals surface area (Å²) in [5.74, 6) is 2.14. The second-order valence-corrected chi connectivity index (χ2v) is 8.60. The second kappa shape index (κ2) is 7.93. The standard InChI is InChI=1S/C22H23N9O2/c32-15-9-18(19(33)8-14-11-23-5-6-24-14)30(12-15)22-26-21(17-2-1-7-31(17)29-22)25-20-10-16(27-28-20)13-3-4-13/h1-2,5-7,10-11,13,15,18,32H,3-4,8-9,12H2,(H2,25,26,27,28,29)/t15-,18-/m0/s1. The smallest absolute Gasteiger partial charge is 0.246 e. The van der Waals surface area contributed by atoms with Crippen LogP contribution in [-0.2, 0) is 11.2 Å². The molecule has 2 atom stereocenters. The fraction of sp³-hybridized carbons (Fsp3) is 0.364. The first-order valence-corrected chi connectivity index (χ1v) is 11.0. The van der Waals surface area contributed by atoms with Crippen molar-refractivity contribution in [1.82, 2.24) is 34.8 Å². The molecule has 11 heteroatoms. The number of fused-ring (bicyclic) bond motifs is 1. The van der Waals surface area contributed by atoms with Crippen LogP contribution in [0.3, 0.4) is 0 Å². The minimum atomic E-state index is -0.645. The number of nitrogens with zero attached hydrogens (tertiary/aromatic N) is 7. The molecule has 33 heavy (non-hydrogen) atoms. The first-order chi connectivity index (χ1) is 16.1. The van der Waals surface area contributed by atoms with Crippen molar-refractivity contribution >= 4 is 28.9 Å². The van der Waals surface area contributed by atoms with Crippen molar-refractivity contribution in [3.8, 4) is 0 Å². The largest absolute Gasteiger partial charge is 0.391 e. The minimum absolute atomic E-state index is 0.0564. The quantitative estimate of drug-likeness (QED) is 0.387. The summed E-state index contributed by atoms with van der Waals surface area (Å²) in [6, 6.07) is 5.26. The van der Waals surface area contributed by atoms with Crippen LogP contribution in [0.4, 0.5) is 17.6 Å². The monoisotopic (exact) mass is 445 g/mol. The van der Waals surface area contributed by atoms with Crippen LogP contribution in [0.1, 0.15) is 36.6 Å². The zero-order valence-electron chi connectivity index (χ0n) is 17.8. The number of carbonyl (C=O) groups excluding carboxylic acids is 1. The van der Waals surface area contributed by atoms with Crippen LogP contribution in [0.5, 0.6) is 0 Å². The maximum absolute atomic E-state index is 13.1. The first kappa shape index (κ1) is 19.8. The second-order valence-electron chi connectivity index (χ2n) is 8.60. The van der Waals surface area contributed by atoms with Crippen LogP contribution < -0.4 is 10.2 Å². The first-order valence-electron chi connectivity index (χ1n) is 11.0. The van der Waals surface area contributed by atoms with Crippen molar-refractivity contribution in [2.24, 2.45) is 0 Å². The van der Waals surface area contributed by atoms with E-state index < -0.39 is 12.1 Å². The lowest BCUT2D eigenvalue weighted by Crippen LogP contribution is -2.38. The highest BCUT2D eigenvalue weighted by atomic mass is 16.3. The highest BCUT2D eigenvalue weighted by Gasteiger charge is 2.38. The molecule has 4 aromatic rings. The zero-order chi connectivity index (χ0) is 22.4. The van der Waals surface area contributed by atoms with Crippen molar-refractivity contribution in [3.05, 3.63) is 54.4 Å². The number of nitrogens with one attached hydrogen (secondary N) is 2. The van der Waals surface area contributed by atoms with E-state index in [1.54, 1.807) is 28.0 Å². The van der Waals surface area contributed by atoms with Gasteiger partial charge in [-0.2, -0.15) is 10.1 Å². The molecule has 1 saturated carbocycles. The molecule has 2 fully saturated rings. The Morgan fingerprint density at radius 2 is 2.21 bits per heavy atom. The van der Waals surface area contributed by atoms with Gasteiger partial charge >= 0.3 is 0 Å². The molecule has 3 N–H and O–H groups in total. The number of aliphatic hydroxyl groups excluding tert-OH is 1. The summed E-state index contributed by atoms with van der Waals surface area (Å²) in [5.41, 5.74) is 2.50. The normalized spacial score (nSPS) is 20.5. The van der Waals surface area contributed by atoms with Crippen molar-refractivity contribution < 1.29 is 9.90 Å². The third kappa shape index (κ3) is 3.91. The Morgan fingerprint density at radius 1 is 1.30 bits per heavy atom. The van der Waals surface area contributed by atoms with E-state index in [1.807, 2.05) is 24.4 Å². The van der Waals surface area contributed by atoms with Gasteiger partial charge in [-0.3, -0.25) is 19.9 Å². The lowest BCUT2D eigenvalue weighted by Gasteiger charge is -2.23. The van der Waals surface area contributed by atoms with Gasteiger partial charge in [-0.05, 0) is 25.0 Å². The molecule has 0 unspecified atom stereocenters. The Bertz CT molecular complexity index is 1300. The summed E-state index contributed by atoms with van der Waals surface area (Å²) in [4.78, 5) is 27.8. The molecule has 168 valence electrons. The van der Waals surface area contributed by atoms with Crippen molar-refractivity contribution in [3.63, 3.8) is 0 Å². The molecule has 1 aliphatic carbocycles. The lowest BCUT2D eigenvalue weighted by atomic mass is 10.1. The fourth-order valence-corrected chi connectivity index (χ4v) is 4.32. The molecule has 11 nitrogen and oxygen atoms in total. The van der Waals surface area contributed by atoms with E-state index in [-0.39, 0.29) is 18.7 Å². The summed E-state index contributed by atoms with van der Waals surface area (Å²) >= 11 is 0. The number of carbonyl (C=O) groups is 1. The molecule has 2 aliphatic rings. The number of β-amino-alcohol motifs (C(OH)–C–C–N with tert-alkyl or cyclic N) is 1. The summed E-state index contributed by atoms with van der Waals surface area (Å²) in [5, 5.41) is 25.7. The van der Waals surface area contributed by atoms with Gasteiger partial charge in [-0.25, -0.2) is 4.52 Å². The van der Waals surface area contributed by atoms with Crippen LogP contribution in [0.25, 0.3) is 5.52 Å². The minimum Gasteiger partial charge on any atom is -0.391 e. The molecule has 0 amide bonds. The van der Waals surface area contributed by atoms with Gasteiger partial charge in [0.1, 0.15) is 5.52 Å². The molecule has 0 radical (unpaired) electrons. The average Bonchev–Trinajstić information content (AvgIpc) is 3.20. The molecule has 1 aliphatic heterocycles.